The van der Waals surface area contributed by atoms with Crippen LogP contribution < -0.4 is 5.32 Å². The first-order chi connectivity index (χ1) is 12.8. The zero-order valence-electron chi connectivity index (χ0n) is 17.2. The molecule has 0 radical (unpaired) electrons. The van der Waals surface area contributed by atoms with Crippen molar-refractivity contribution in [1.29, 1.82) is 0 Å². The molecular formula is C20H39IN4O2. The Morgan fingerprint density at radius 3 is 2.59 bits per heavy atom. The van der Waals surface area contributed by atoms with E-state index in [-0.39, 0.29) is 24.0 Å². The first-order valence-corrected chi connectivity index (χ1v) is 10.7. The van der Waals surface area contributed by atoms with Gasteiger partial charge in [-0.05, 0) is 51.6 Å². The summed E-state index contributed by atoms with van der Waals surface area (Å²) in [4.78, 5) is 9.53. The number of rotatable bonds is 6. The topological polar surface area (TPSA) is 49.3 Å². The number of halogens is 1. The fourth-order valence-electron chi connectivity index (χ4n) is 4.50. The predicted molar refractivity (Wildman–Crippen MR) is 121 cm³/mol. The van der Waals surface area contributed by atoms with Crippen LogP contribution in [-0.2, 0) is 9.47 Å². The minimum Gasteiger partial charge on any atom is -0.376 e. The zero-order chi connectivity index (χ0) is 18.2. The van der Waals surface area contributed by atoms with E-state index in [0.717, 1.165) is 64.6 Å². The molecular weight excluding hydrogens is 455 g/mol. The minimum atomic E-state index is 0. The quantitative estimate of drug-likeness (QED) is 0.350. The van der Waals surface area contributed by atoms with Crippen LogP contribution in [0.2, 0.25) is 0 Å². The van der Waals surface area contributed by atoms with Crippen molar-refractivity contribution in [2.24, 2.45) is 4.99 Å². The van der Waals surface area contributed by atoms with Crippen LogP contribution >= 0.6 is 24.0 Å². The molecule has 3 rings (SSSR count). The predicted octanol–water partition coefficient (Wildman–Crippen LogP) is 2.71. The molecule has 0 amide bonds. The summed E-state index contributed by atoms with van der Waals surface area (Å²) in [6, 6.07) is 0.651. The molecule has 0 aromatic rings. The summed E-state index contributed by atoms with van der Waals surface area (Å²) < 4.78 is 11.8. The Labute approximate surface area is 182 Å². The lowest BCUT2D eigenvalue weighted by molar-refractivity contribution is -0.0367. The number of piperidine rings is 2. The number of ether oxygens (including phenoxy) is 2. The van der Waals surface area contributed by atoms with E-state index in [2.05, 4.69) is 27.0 Å². The van der Waals surface area contributed by atoms with Gasteiger partial charge in [-0.3, -0.25) is 9.89 Å². The smallest absolute Gasteiger partial charge is 0.193 e. The molecule has 0 aromatic carbocycles. The Morgan fingerprint density at radius 2 is 1.93 bits per heavy atom. The Morgan fingerprint density at radius 1 is 1.11 bits per heavy atom. The Balaban J connectivity index is 0.00000261. The summed E-state index contributed by atoms with van der Waals surface area (Å²) in [5.74, 6) is 1.06. The molecule has 0 spiro atoms. The SMILES string of the molecule is CCN1CCCCC1CNC(=NC)N1CCC(OCC2CCCO2)CC1.I. The average Bonchev–Trinajstić information content (AvgIpc) is 3.21. The number of aliphatic imine (C=N–C) groups is 1. The minimum absolute atomic E-state index is 0. The van der Waals surface area contributed by atoms with Gasteiger partial charge < -0.3 is 19.7 Å². The molecule has 3 aliphatic heterocycles. The first kappa shape index (κ1) is 23.2. The van der Waals surface area contributed by atoms with Gasteiger partial charge in [0.1, 0.15) is 0 Å². The number of nitrogens with zero attached hydrogens (tertiary/aromatic N) is 3. The second kappa shape index (κ2) is 12.4. The summed E-state index contributed by atoms with van der Waals surface area (Å²) in [5, 5.41) is 3.64. The summed E-state index contributed by atoms with van der Waals surface area (Å²) in [5.41, 5.74) is 0. The Hall–Kier alpha value is -0.120. The lowest BCUT2D eigenvalue weighted by atomic mass is 10.0. The van der Waals surface area contributed by atoms with Crippen LogP contribution in [0.5, 0.6) is 0 Å². The molecule has 3 aliphatic rings. The molecule has 3 fully saturated rings. The molecule has 158 valence electrons. The summed E-state index contributed by atoms with van der Waals surface area (Å²) in [6.45, 7) is 9.41. The van der Waals surface area contributed by atoms with Gasteiger partial charge in [0.15, 0.2) is 5.96 Å². The van der Waals surface area contributed by atoms with E-state index in [4.69, 9.17) is 9.47 Å². The molecule has 3 saturated heterocycles. The highest BCUT2D eigenvalue weighted by atomic mass is 127. The van der Waals surface area contributed by atoms with E-state index in [0.29, 0.717) is 18.2 Å². The zero-order valence-corrected chi connectivity index (χ0v) is 19.5. The van der Waals surface area contributed by atoms with Crippen LogP contribution in [0.15, 0.2) is 4.99 Å². The molecule has 1 N–H and O–H groups in total. The molecule has 6 nitrogen and oxygen atoms in total. The third kappa shape index (κ3) is 7.01. The van der Waals surface area contributed by atoms with Crippen LogP contribution in [-0.4, -0.2) is 87.0 Å². The molecule has 0 aliphatic carbocycles. The maximum Gasteiger partial charge on any atom is 0.193 e. The summed E-state index contributed by atoms with van der Waals surface area (Å²) in [6.07, 6.45) is 9.22. The number of likely N-dealkylation sites (tertiary alicyclic amines) is 2. The molecule has 3 heterocycles. The van der Waals surface area contributed by atoms with Crippen molar-refractivity contribution >= 4 is 29.9 Å². The van der Waals surface area contributed by atoms with Gasteiger partial charge in [-0.1, -0.05) is 13.3 Å². The van der Waals surface area contributed by atoms with Crippen molar-refractivity contribution in [2.45, 2.75) is 70.1 Å². The normalized spacial score (nSPS) is 28.2. The fraction of sp³-hybridized carbons (Fsp3) is 0.950. The molecule has 0 aromatic heterocycles. The van der Waals surface area contributed by atoms with Gasteiger partial charge in [0.25, 0.3) is 0 Å². The van der Waals surface area contributed by atoms with Crippen LogP contribution in [0.1, 0.15) is 51.9 Å². The van der Waals surface area contributed by atoms with E-state index in [1.807, 2.05) is 7.05 Å². The summed E-state index contributed by atoms with van der Waals surface area (Å²) >= 11 is 0. The van der Waals surface area contributed by atoms with Gasteiger partial charge in [-0.2, -0.15) is 0 Å². The second-order valence-corrected chi connectivity index (χ2v) is 7.86. The third-order valence-corrected chi connectivity index (χ3v) is 6.15. The molecule has 27 heavy (non-hydrogen) atoms. The number of guanidine groups is 1. The van der Waals surface area contributed by atoms with Gasteiger partial charge >= 0.3 is 0 Å². The van der Waals surface area contributed by atoms with Crippen molar-refractivity contribution in [3.05, 3.63) is 0 Å². The van der Waals surface area contributed by atoms with Crippen LogP contribution in [0.25, 0.3) is 0 Å². The average molecular weight is 494 g/mol. The second-order valence-electron chi connectivity index (χ2n) is 7.86. The highest BCUT2D eigenvalue weighted by Crippen LogP contribution is 2.19. The molecule has 2 atom stereocenters. The van der Waals surface area contributed by atoms with E-state index in [1.165, 1.54) is 32.2 Å². The lowest BCUT2D eigenvalue weighted by Gasteiger charge is -2.37. The number of likely N-dealkylation sites (N-methyl/N-ethyl adjacent to an activating group) is 1. The molecule has 2 unspecified atom stereocenters. The van der Waals surface area contributed by atoms with Gasteiger partial charge in [0.05, 0.1) is 18.8 Å². The van der Waals surface area contributed by atoms with Gasteiger partial charge in [0.2, 0.25) is 0 Å². The van der Waals surface area contributed by atoms with Crippen molar-refractivity contribution in [3.8, 4) is 0 Å². The van der Waals surface area contributed by atoms with Crippen molar-refractivity contribution < 1.29 is 9.47 Å². The van der Waals surface area contributed by atoms with E-state index < -0.39 is 0 Å². The van der Waals surface area contributed by atoms with Crippen LogP contribution in [0.4, 0.5) is 0 Å². The van der Waals surface area contributed by atoms with Gasteiger partial charge in [0, 0.05) is 39.3 Å². The van der Waals surface area contributed by atoms with Crippen molar-refractivity contribution in [1.82, 2.24) is 15.1 Å². The lowest BCUT2D eigenvalue weighted by Crippen LogP contribution is -2.52. The number of nitrogens with one attached hydrogen (secondary N) is 1. The monoisotopic (exact) mass is 494 g/mol. The number of hydrogen-bond donors (Lipinski definition) is 1. The molecule has 0 saturated carbocycles. The summed E-state index contributed by atoms with van der Waals surface area (Å²) in [7, 11) is 1.90. The fourth-order valence-corrected chi connectivity index (χ4v) is 4.50. The Bertz CT molecular complexity index is 438. The van der Waals surface area contributed by atoms with Crippen LogP contribution in [0.3, 0.4) is 0 Å². The van der Waals surface area contributed by atoms with Gasteiger partial charge in [-0.25, -0.2) is 0 Å². The number of hydrogen-bond acceptors (Lipinski definition) is 4. The first-order valence-electron chi connectivity index (χ1n) is 10.7. The van der Waals surface area contributed by atoms with E-state index in [1.54, 1.807) is 0 Å². The maximum atomic E-state index is 6.09. The van der Waals surface area contributed by atoms with Crippen molar-refractivity contribution in [2.75, 3.05) is 53.0 Å². The molecule has 0 bridgehead atoms. The molecule has 7 heteroatoms. The Kier molecular flexibility index (Phi) is 10.7. The standard InChI is InChI=1S/C20H38N4O2.HI/c1-3-23-11-5-4-7-17(23)15-22-20(21-2)24-12-9-18(10-13-24)26-16-19-8-6-14-25-19;/h17-19H,3-16H2,1-2H3,(H,21,22);1H. The highest BCUT2D eigenvalue weighted by molar-refractivity contribution is 14.0. The van der Waals surface area contributed by atoms with E-state index in [9.17, 15) is 0 Å². The van der Waals surface area contributed by atoms with Crippen molar-refractivity contribution in [3.63, 3.8) is 0 Å². The van der Waals surface area contributed by atoms with Gasteiger partial charge in [-0.15, -0.1) is 24.0 Å². The van der Waals surface area contributed by atoms with Crippen LogP contribution in [0, 0.1) is 0 Å². The van der Waals surface area contributed by atoms with E-state index >= 15 is 0 Å². The highest BCUT2D eigenvalue weighted by Gasteiger charge is 2.25. The maximum absolute atomic E-state index is 6.09. The largest absolute Gasteiger partial charge is 0.376 e. The third-order valence-electron chi connectivity index (χ3n) is 6.15.